The summed E-state index contributed by atoms with van der Waals surface area (Å²) < 4.78 is 13.2. The van der Waals surface area contributed by atoms with Crippen molar-refractivity contribution in [1.29, 1.82) is 0 Å². The molecular weight excluding hydrogens is 269 g/mol. The number of benzene rings is 1. The first kappa shape index (κ1) is 13.7. The van der Waals surface area contributed by atoms with E-state index in [0.717, 1.165) is 11.8 Å². The van der Waals surface area contributed by atoms with E-state index < -0.39 is 5.82 Å². The number of amides is 1. The highest BCUT2D eigenvalue weighted by Crippen LogP contribution is 2.27. The quantitative estimate of drug-likeness (QED) is 0.915. The fourth-order valence-electron chi connectivity index (χ4n) is 2.76. The number of pyridine rings is 1. The maximum absolute atomic E-state index is 13.2. The predicted molar refractivity (Wildman–Crippen MR) is 77.3 cm³/mol. The second kappa shape index (κ2) is 5.61. The minimum atomic E-state index is -0.510. The number of halogens is 1. The zero-order chi connectivity index (χ0) is 14.8. The van der Waals surface area contributed by atoms with Crippen LogP contribution < -0.4 is 5.73 Å². The number of hydrogen-bond acceptors (Lipinski definition) is 3. The van der Waals surface area contributed by atoms with Crippen LogP contribution in [0.2, 0.25) is 0 Å². The maximum atomic E-state index is 13.2. The zero-order valence-electron chi connectivity index (χ0n) is 11.4. The maximum Gasteiger partial charge on any atom is 0.255 e. The van der Waals surface area contributed by atoms with E-state index in [1.165, 1.54) is 12.3 Å². The molecule has 1 saturated heterocycles. The van der Waals surface area contributed by atoms with Crippen molar-refractivity contribution in [3.05, 3.63) is 65.7 Å². The fraction of sp³-hybridized carbons (Fsp3) is 0.250. The summed E-state index contributed by atoms with van der Waals surface area (Å²) in [6, 6.07) is 11.0. The zero-order valence-corrected chi connectivity index (χ0v) is 11.4. The molecule has 4 nitrogen and oxygen atoms in total. The van der Waals surface area contributed by atoms with Crippen molar-refractivity contribution in [3.8, 4) is 0 Å². The summed E-state index contributed by atoms with van der Waals surface area (Å²) in [6.45, 7) is 1.01. The molecule has 0 aliphatic carbocycles. The third kappa shape index (κ3) is 2.78. The van der Waals surface area contributed by atoms with Crippen molar-refractivity contribution in [2.45, 2.75) is 12.0 Å². The van der Waals surface area contributed by atoms with Gasteiger partial charge in [-0.3, -0.25) is 9.78 Å². The van der Waals surface area contributed by atoms with Crippen LogP contribution in [-0.4, -0.2) is 34.9 Å². The fourth-order valence-corrected chi connectivity index (χ4v) is 2.76. The van der Waals surface area contributed by atoms with Crippen molar-refractivity contribution < 1.29 is 9.18 Å². The molecule has 1 aromatic carbocycles. The van der Waals surface area contributed by atoms with Gasteiger partial charge in [0, 0.05) is 31.2 Å². The second-order valence-electron chi connectivity index (χ2n) is 5.28. The number of carbonyl (C=O) groups is 1. The van der Waals surface area contributed by atoms with Gasteiger partial charge in [0.15, 0.2) is 0 Å². The largest absolute Gasteiger partial charge is 0.336 e. The van der Waals surface area contributed by atoms with Crippen LogP contribution >= 0.6 is 0 Å². The molecule has 1 aliphatic heterocycles. The Bertz CT molecular complexity index is 647. The number of rotatable bonds is 2. The Balaban J connectivity index is 1.78. The molecule has 2 aromatic rings. The molecule has 21 heavy (non-hydrogen) atoms. The summed E-state index contributed by atoms with van der Waals surface area (Å²) in [5.41, 5.74) is 7.55. The number of nitrogens with two attached hydrogens (primary N) is 1. The number of hydrogen-bond donors (Lipinski definition) is 1. The minimum Gasteiger partial charge on any atom is -0.336 e. The Morgan fingerprint density at radius 1 is 1.24 bits per heavy atom. The van der Waals surface area contributed by atoms with Crippen LogP contribution in [0.1, 0.15) is 21.8 Å². The van der Waals surface area contributed by atoms with Crippen molar-refractivity contribution in [2.24, 2.45) is 5.73 Å². The van der Waals surface area contributed by atoms with E-state index in [1.54, 1.807) is 4.90 Å². The van der Waals surface area contributed by atoms with Crippen molar-refractivity contribution in [3.63, 3.8) is 0 Å². The highest BCUT2D eigenvalue weighted by atomic mass is 19.1. The van der Waals surface area contributed by atoms with Crippen molar-refractivity contribution in [1.82, 2.24) is 9.88 Å². The second-order valence-corrected chi connectivity index (χ2v) is 5.28. The van der Waals surface area contributed by atoms with Gasteiger partial charge >= 0.3 is 0 Å². The molecule has 0 radical (unpaired) electrons. The van der Waals surface area contributed by atoms with Crippen LogP contribution in [0.4, 0.5) is 4.39 Å². The third-order valence-electron chi connectivity index (χ3n) is 3.83. The molecule has 0 unspecified atom stereocenters. The summed E-state index contributed by atoms with van der Waals surface area (Å²) in [4.78, 5) is 17.8. The minimum absolute atomic E-state index is 0.108. The molecule has 0 saturated carbocycles. The summed E-state index contributed by atoms with van der Waals surface area (Å²) in [7, 11) is 0. The Labute approximate surface area is 122 Å². The first-order chi connectivity index (χ1) is 10.1. The Morgan fingerprint density at radius 2 is 2.00 bits per heavy atom. The SMILES string of the molecule is N[C@@H]1CN(C(=O)c2cncc(F)c2)C[C@H]1c1ccccc1. The highest BCUT2D eigenvalue weighted by molar-refractivity contribution is 5.94. The van der Waals surface area contributed by atoms with E-state index in [-0.39, 0.29) is 23.4 Å². The number of likely N-dealkylation sites (tertiary alicyclic amines) is 1. The highest BCUT2D eigenvalue weighted by Gasteiger charge is 2.34. The van der Waals surface area contributed by atoms with Gasteiger partial charge in [-0.05, 0) is 11.6 Å². The van der Waals surface area contributed by atoms with Crippen molar-refractivity contribution >= 4 is 5.91 Å². The van der Waals surface area contributed by atoms with Crippen LogP contribution in [0.25, 0.3) is 0 Å². The lowest BCUT2D eigenvalue weighted by molar-refractivity contribution is 0.0788. The third-order valence-corrected chi connectivity index (χ3v) is 3.83. The molecule has 1 aliphatic rings. The van der Waals surface area contributed by atoms with Crippen LogP contribution in [0.5, 0.6) is 0 Å². The van der Waals surface area contributed by atoms with Crippen LogP contribution in [0.3, 0.4) is 0 Å². The van der Waals surface area contributed by atoms with E-state index in [0.29, 0.717) is 13.1 Å². The Kier molecular flexibility index (Phi) is 3.66. The molecule has 108 valence electrons. The molecule has 1 aromatic heterocycles. The van der Waals surface area contributed by atoms with Crippen LogP contribution in [0, 0.1) is 5.82 Å². The normalized spacial score (nSPS) is 21.5. The van der Waals surface area contributed by atoms with E-state index in [4.69, 9.17) is 5.73 Å². The van der Waals surface area contributed by atoms with E-state index in [9.17, 15) is 9.18 Å². The van der Waals surface area contributed by atoms with Gasteiger partial charge < -0.3 is 10.6 Å². The molecule has 0 bridgehead atoms. The molecular formula is C16H16FN3O. The Morgan fingerprint density at radius 3 is 2.71 bits per heavy atom. The summed E-state index contributed by atoms with van der Waals surface area (Å²) in [6.07, 6.45) is 2.46. The van der Waals surface area contributed by atoms with Gasteiger partial charge in [0.05, 0.1) is 11.8 Å². The smallest absolute Gasteiger partial charge is 0.255 e. The number of aromatic nitrogens is 1. The van der Waals surface area contributed by atoms with Crippen LogP contribution in [0.15, 0.2) is 48.8 Å². The van der Waals surface area contributed by atoms with Gasteiger partial charge in [-0.15, -0.1) is 0 Å². The summed E-state index contributed by atoms with van der Waals surface area (Å²) in [5.74, 6) is -0.628. The monoisotopic (exact) mass is 285 g/mol. The molecule has 1 amide bonds. The molecule has 1 fully saturated rings. The summed E-state index contributed by atoms with van der Waals surface area (Å²) in [5, 5.41) is 0. The lowest BCUT2D eigenvalue weighted by atomic mass is 9.95. The Hall–Kier alpha value is -2.27. The number of carbonyl (C=O) groups excluding carboxylic acids is 1. The van der Waals surface area contributed by atoms with Gasteiger partial charge in [0.25, 0.3) is 5.91 Å². The predicted octanol–water partition coefficient (Wildman–Crippen LogP) is 1.79. The standard InChI is InChI=1S/C16H16FN3O/c17-13-6-12(7-19-8-13)16(21)20-9-14(15(18)10-20)11-4-2-1-3-5-11/h1-8,14-15H,9-10,18H2/t14-,15+/m0/s1. The van der Waals surface area contributed by atoms with Crippen molar-refractivity contribution in [2.75, 3.05) is 13.1 Å². The van der Waals surface area contributed by atoms with E-state index >= 15 is 0 Å². The average molecular weight is 285 g/mol. The van der Waals surface area contributed by atoms with Crippen LogP contribution in [-0.2, 0) is 0 Å². The van der Waals surface area contributed by atoms with Gasteiger partial charge in [0.2, 0.25) is 0 Å². The molecule has 5 heteroatoms. The molecule has 2 atom stereocenters. The van der Waals surface area contributed by atoms with Gasteiger partial charge in [0.1, 0.15) is 5.82 Å². The molecule has 2 heterocycles. The van der Waals surface area contributed by atoms with E-state index in [1.807, 2.05) is 30.3 Å². The lowest BCUT2D eigenvalue weighted by Gasteiger charge is -2.16. The first-order valence-electron chi connectivity index (χ1n) is 6.85. The van der Waals surface area contributed by atoms with Gasteiger partial charge in [-0.2, -0.15) is 0 Å². The lowest BCUT2D eigenvalue weighted by Crippen LogP contribution is -2.32. The molecule has 2 N–H and O–H groups in total. The van der Waals surface area contributed by atoms with E-state index in [2.05, 4.69) is 4.98 Å². The molecule has 3 rings (SSSR count). The van der Waals surface area contributed by atoms with Gasteiger partial charge in [-0.25, -0.2) is 4.39 Å². The topological polar surface area (TPSA) is 59.2 Å². The first-order valence-corrected chi connectivity index (χ1v) is 6.85. The molecule has 0 spiro atoms. The number of nitrogens with zero attached hydrogens (tertiary/aromatic N) is 2. The van der Waals surface area contributed by atoms with Gasteiger partial charge in [-0.1, -0.05) is 30.3 Å². The summed E-state index contributed by atoms with van der Waals surface area (Å²) >= 11 is 0. The average Bonchev–Trinajstić information content (AvgIpc) is 2.89.